The van der Waals surface area contributed by atoms with Gasteiger partial charge in [-0.3, -0.25) is 4.98 Å². The normalized spacial score (nSPS) is 11.1. The third-order valence-corrected chi connectivity index (χ3v) is 5.92. The van der Waals surface area contributed by atoms with Gasteiger partial charge in [-0.25, -0.2) is 4.79 Å². The first-order valence-corrected chi connectivity index (χ1v) is 10.4. The fourth-order valence-corrected chi connectivity index (χ4v) is 4.52. The molecule has 2 aromatic heterocycles. The maximum atomic E-state index is 11.4. The minimum absolute atomic E-state index is 0.245. The van der Waals surface area contributed by atoms with Gasteiger partial charge < -0.3 is 9.84 Å². The van der Waals surface area contributed by atoms with Crippen LogP contribution in [0.2, 0.25) is 0 Å². The lowest BCUT2D eigenvalue weighted by molar-refractivity contribution is 0.0697. The average molecular weight is 411 g/mol. The van der Waals surface area contributed by atoms with Crippen LogP contribution in [0, 0.1) is 0 Å². The number of aromatic nitrogens is 1. The second-order valence-electron chi connectivity index (χ2n) is 7.00. The van der Waals surface area contributed by atoms with Crippen LogP contribution in [-0.2, 0) is 6.42 Å². The third kappa shape index (κ3) is 3.51. The van der Waals surface area contributed by atoms with E-state index in [9.17, 15) is 9.90 Å². The number of carboxylic acids is 1. The van der Waals surface area contributed by atoms with Crippen molar-refractivity contribution < 1.29 is 14.6 Å². The van der Waals surface area contributed by atoms with Crippen LogP contribution in [0.1, 0.15) is 21.6 Å². The van der Waals surface area contributed by atoms with Gasteiger partial charge in [0.2, 0.25) is 0 Å². The monoisotopic (exact) mass is 411 g/mol. The lowest BCUT2D eigenvalue weighted by Gasteiger charge is -2.10. The third-order valence-electron chi connectivity index (χ3n) is 4.97. The SMILES string of the molecule is O=C(O)c1ccc2c(c1)nc(Cc1cccc(Oc3ccccc3)c1)c1ccsc12. The highest BCUT2D eigenvalue weighted by atomic mass is 32.1. The smallest absolute Gasteiger partial charge is 0.335 e. The standard InChI is InChI=1S/C25H17NO3S/c27-25(28)17-9-10-20-23(15-17)26-22(21-11-12-30-24(20)21)14-16-5-4-8-19(13-16)29-18-6-2-1-3-7-18/h1-13,15H,14H2,(H,27,28). The van der Waals surface area contributed by atoms with Crippen molar-refractivity contribution >= 4 is 38.3 Å². The fourth-order valence-electron chi connectivity index (χ4n) is 3.57. The van der Waals surface area contributed by atoms with Crippen molar-refractivity contribution in [3.05, 3.63) is 101 Å². The Morgan fingerprint density at radius 2 is 1.73 bits per heavy atom. The number of rotatable bonds is 5. The molecule has 30 heavy (non-hydrogen) atoms. The van der Waals surface area contributed by atoms with Gasteiger partial charge >= 0.3 is 5.97 Å². The molecule has 0 spiro atoms. The molecule has 0 unspecified atom stereocenters. The van der Waals surface area contributed by atoms with E-state index >= 15 is 0 Å². The predicted octanol–water partition coefficient (Wildman–Crippen LogP) is 6.53. The highest BCUT2D eigenvalue weighted by molar-refractivity contribution is 7.18. The number of ether oxygens (including phenoxy) is 1. The molecule has 0 aliphatic heterocycles. The quantitative estimate of drug-likeness (QED) is 0.357. The van der Waals surface area contributed by atoms with E-state index in [0.29, 0.717) is 11.9 Å². The number of pyridine rings is 1. The van der Waals surface area contributed by atoms with Crippen LogP contribution in [0.25, 0.3) is 21.0 Å². The second-order valence-corrected chi connectivity index (χ2v) is 7.91. The van der Waals surface area contributed by atoms with Crippen LogP contribution in [0.15, 0.2) is 84.2 Å². The first-order chi connectivity index (χ1) is 14.7. The summed E-state index contributed by atoms with van der Waals surface area (Å²) in [7, 11) is 0. The molecule has 4 nitrogen and oxygen atoms in total. The molecular formula is C25H17NO3S. The van der Waals surface area contributed by atoms with Gasteiger partial charge in [0.1, 0.15) is 11.5 Å². The molecule has 5 aromatic rings. The van der Waals surface area contributed by atoms with Crippen LogP contribution >= 0.6 is 11.3 Å². The Balaban J connectivity index is 1.53. The average Bonchev–Trinajstić information content (AvgIpc) is 3.25. The molecule has 0 aliphatic carbocycles. The Hall–Kier alpha value is -3.70. The maximum absolute atomic E-state index is 11.4. The summed E-state index contributed by atoms with van der Waals surface area (Å²) in [6.45, 7) is 0. The summed E-state index contributed by atoms with van der Waals surface area (Å²) in [5.41, 5.74) is 2.96. The van der Waals surface area contributed by atoms with E-state index in [1.54, 1.807) is 23.5 Å². The topological polar surface area (TPSA) is 59.4 Å². The number of hydrogen-bond acceptors (Lipinski definition) is 4. The van der Waals surface area contributed by atoms with Crippen molar-refractivity contribution in [2.45, 2.75) is 6.42 Å². The fraction of sp³-hybridized carbons (Fsp3) is 0.0400. The van der Waals surface area contributed by atoms with Gasteiger partial charge in [-0.05, 0) is 53.4 Å². The van der Waals surface area contributed by atoms with E-state index in [4.69, 9.17) is 9.72 Å². The molecule has 2 heterocycles. The molecule has 0 aliphatic rings. The summed E-state index contributed by atoms with van der Waals surface area (Å²) in [4.78, 5) is 16.2. The van der Waals surface area contributed by atoms with E-state index in [-0.39, 0.29) is 5.56 Å². The van der Waals surface area contributed by atoms with Gasteiger partial charge in [0.05, 0.1) is 16.8 Å². The van der Waals surface area contributed by atoms with Crippen molar-refractivity contribution in [1.29, 1.82) is 0 Å². The number of aromatic carboxylic acids is 1. The predicted molar refractivity (Wildman–Crippen MR) is 120 cm³/mol. The summed E-state index contributed by atoms with van der Waals surface area (Å²) < 4.78 is 7.09. The Bertz CT molecular complexity index is 1380. The number of thiophene rings is 1. The Labute approximate surface area is 177 Å². The van der Waals surface area contributed by atoms with E-state index in [2.05, 4.69) is 17.5 Å². The molecule has 0 amide bonds. The van der Waals surface area contributed by atoms with Crippen LogP contribution in [0.3, 0.4) is 0 Å². The van der Waals surface area contributed by atoms with E-state index < -0.39 is 5.97 Å². The number of carboxylic acid groups (broad SMARTS) is 1. The summed E-state index contributed by atoms with van der Waals surface area (Å²) in [6, 6.07) is 24.9. The summed E-state index contributed by atoms with van der Waals surface area (Å²) >= 11 is 1.65. The number of nitrogens with zero attached hydrogens (tertiary/aromatic N) is 1. The zero-order chi connectivity index (χ0) is 20.5. The lowest BCUT2D eigenvalue weighted by Crippen LogP contribution is -1.98. The molecule has 0 atom stereocenters. The molecule has 0 fully saturated rings. The second kappa shape index (κ2) is 7.61. The van der Waals surface area contributed by atoms with Crippen LogP contribution < -0.4 is 4.74 Å². The largest absolute Gasteiger partial charge is 0.478 e. The molecule has 1 N–H and O–H groups in total. The summed E-state index contributed by atoms with van der Waals surface area (Å²) in [5, 5.41) is 13.5. The van der Waals surface area contributed by atoms with Crippen molar-refractivity contribution in [3.8, 4) is 11.5 Å². The van der Waals surface area contributed by atoms with Crippen molar-refractivity contribution in [2.75, 3.05) is 0 Å². The number of fused-ring (bicyclic) bond motifs is 3. The van der Waals surface area contributed by atoms with Crippen molar-refractivity contribution in [1.82, 2.24) is 4.98 Å². The molecule has 5 rings (SSSR count). The van der Waals surface area contributed by atoms with Crippen LogP contribution in [0.5, 0.6) is 11.5 Å². The molecule has 146 valence electrons. The van der Waals surface area contributed by atoms with Gasteiger partial charge in [0.25, 0.3) is 0 Å². The number of benzene rings is 3. The zero-order valence-corrected chi connectivity index (χ0v) is 16.7. The Kier molecular flexibility index (Phi) is 4.65. The number of para-hydroxylation sites is 1. The lowest BCUT2D eigenvalue weighted by atomic mass is 10.0. The highest BCUT2D eigenvalue weighted by Gasteiger charge is 2.13. The summed E-state index contributed by atoms with van der Waals surface area (Å²) in [5.74, 6) is 0.617. The highest BCUT2D eigenvalue weighted by Crippen LogP contribution is 2.33. The molecule has 5 heteroatoms. The maximum Gasteiger partial charge on any atom is 0.335 e. The minimum atomic E-state index is -0.947. The van der Waals surface area contributed by atoms with Crippen LogP contribution in [-0.4, -0.2) is 16.1 Å². The molecule has 0 saturated heterocycles. The Morgan fingerprint density at radius 1 is 0.900 bits per heavy atom. The molecule has 0 saturated carbocycles. The van der Waals surface area contributed by atoms with Gasteiger partial charge in [-0.15, -0.1) is 11.3 Å². The number of carbonyl (C=O) groups is 1. The number of hydrogen-bond donors (Lipinski definition) is 1. The zero-order valence-electron chi connectivity index (χ0n) is 15.9. The van der Waals surface area contributed by atoms with E-state index in [0.717, 1.165) is 38.2 Å². The van der Waals surface area contributed by atoms with Gasteiger partial charge in [-0.1, -0.05) is 36.4 Å². The van der Waals surface area contributed by atoms with Crippen molar-refractivity contribution in [2.24, 2.45) is 0 Å². The molecule has 3 aromatic carbocycles. The van der Waals surface area contributed by atoms with E-state index in [1.165, 1.54) is 0 Å². The van der Waals surface area contributed by atoms with Gasteiger partial charge in [0, 0.05) is 21.9 Å². The van der Waals surface area contributed by atoms with E-state index in [1.807, 2.05) is 54.6 Å². The summed E-state index contributed by atoms with van der Waals surface area (Å²) in [6.07, 6.45) is 0.631. The Morgan fingerprint density at radius 3 is 2.57 bits per heavy atom. The van der Waals surface area contributed by atoms with Gasteiger partial charge in [0.15, 0.2) is 0 Å². The first kappa shape index (κ1) is 18.3. The molecule has 0 bridgehead atoms. The van der Waals surface area contributed by atoms with Gasteiger partial charge in [-0.2, -0.15) is 0 Å². The van der Waals surface area contributed by atoms with Crippen LogP contribution in [0.4, 0.5) is 0 Å². The van der Waals surface area contributed by atoms with Crippen molar-refractivity contribution in [3.63, 3.8) is 0 Å². The molecular weight excluding hydrogens is 394 g/mol. The molecule has 0 radical (unpaired) electrons. The first-order valence-electron chi connectivity index (χ1n) is 9.52. The minimum Gasteiger partial charge on any atom is -0.478 e.